The monoisotopic (exact) mass is 529 g/mol. The van der Waals surface area contributed by atoms with Crippen LogP contribution >= 0.6 is 0 Å². The van der Waals surface area contributed by atoms with Crippen molar-refractivity contribution in [1.29, 1.82) is 5.41 Å². The van der Waals surface area contributed by atoms with E-state index in [1.807, 2.05) is 45.9 Å². The molecular weight excluding hydrogens is 490 g/mol. The van der Waals surface area contributed by atoms with Gasteiger partial charge < -0.3 is 25.9 Å². The zero-order valence-electron chi connectivity index (χ0n) is 23.5. The van der Waals surface area contributed by atoms with E-state index in [0.29, 0.717) is 28.2 Å². The molecule has 0 spiro atoms. The number of nitrogens with one attached hydrogen (secondary N) is 4. The number of hydrogen-bond donors (Lipinski definition) is 4. The molecule has 1 saturated heterocycles. The average molecular weight is 530 g/mol. The van der Waals surface area contributed by atoms with Crippen LogP contribution in [0.25, 0.3) is 11.3 Å². The van der Waals surface area contributed by atoms with E-state index in [-0.39, 0.29) is 24.1 Å². The van der Waals surface area contributed by atoms with Crippen LogP contribution < -0.4 is 16.2 Å². The summed E-state index contributed by atoms with van der Waals surface area (Å²) in [5.41, 5.74) is 5.40. The molecule has 0 atom stereocenters. The highest BCUT2D eigenvalue weighted by Crippen LogP contribution is 2.26. The zero-order chi connectivity index (χ0) is 28.1. The third kappa shape index (κ3) is 6.99. The first-order chi connectivity index (χ1) is 18.6. The summed E-state index contributed by atoms with van der Waals surface area (Å²) < 4.78 is 0. The SMILES string of the molecule is Cc1cc(C)c(CNC(=O)c2cc(-c3ccc(CN4CCN(C)CC4)cc3)nc(NC(C)C)c2C=N)c(=O)[nH]1. The molecule has 1 aliphatic heterocycles. The van der Waals surface area contributed by atoms with E-state index in [1.165, 1.54) is 5.56 Å². The lowest BCUT2D eigenvalue weighted by molar-refractivity contribution is 0.0950. The number of anilines is 1. The van der Waals surface area contributed by atoms with Crippen molar-refractivity contribution in [2.24, 2.45) is 0 Å². The highest BCUT2D eigenvalue weighted by molar-refractivity contribution is 6.05. The Morgan fingerprint density at radius 3 is 2.44 bits per heavy atom. The van der Waals surface area contributed by atoms with Gasteiger partial charge in [0.25, 0.3) is 11.5 Å². The minimum absolute atomic E-state index is 0.0575. The van der Waals surface area contributed by atoms with E-state index in [4.69, 9.17) is 10.4 Å². The second kappa shape index (κ2) is 12.4. The van der Waals surface area contributed by atoms with Crippen molar-refractivity contribution < 1.29 is 4.79 Å². The average Bonchev–Trinajstić information content (AvgIpc) is 2.89. The fraction of sp³-hybridized carbons (Fsp3) is 0.400. The third-order valence-corrected chi connectivity index (χ3v) is 7.04. The molecule has 0 saturated carbocycles. The van der Waals surface area contributed by atoms with Crippen LogP contribution in [0.3, 0.4) is 0 Å². The molecule has 1 aliphatic rings. The number of rotatable bonds is 9. The second-order valence-corrected chi connectivity index (χ2v) is 10.7. The number of benzene rings is 1. The Kier molecular flexibility index (Phi) is 8.93. The fourth-order valence-electron chi connectivity index (χ4n) is 4.83. The van der Waals surface area contributed by atoms with Crippen molar-refractivity contribution in [3.8, 4) is 11.3 Å². The molecule has 4 N–H and O–H groups in total. The summed E-state index contributed by atoms with van der Waals surface area (Å²) in [5.74, 6) is 0.114. The van der Waals surface area contributed by atoms with Crippen LogP contribution in [0.15, 0.2) is 41.2 Å². The molecule has 9 heteroatoms. The molecule has 2 aromatic heterocycles. The van der Waals surface area contributed by atoms with E-state index in [1.54, 1.807) is 6.07 Å². The smallest absolute Gasteiger partial charge is 0.253 e. The van der Waals surface area contributed by atoms with Crippen molar-refractivity contribution in [2.75, 3.05) is 38.5 Å². The number of aryl methyl sites for hydroxylation is 2. The minimum atomic E-state index is -0.366. The summed E-state index contributed by atoms with van der Waals surface area (Å²) in [6.45, 7) is 12.9. The molecular formula is C30H39N7O2. The quantitative estimate of drug-likeness (QED) is 0.315. The maximum Gasteiger partial charge on any atom is 0.253 e. The molecule has 39 heavy (non-hydrogen) atoms. The summed E-state index contributed by atoms with van der Waals surface area (Å²) in [6.07, 6.45) is 1.15. The molecule has 0 unspecified atom stereocenters. The number of carbonyl (C=O) groups is 1. The van der Waals surface area contributed by atoms with Crippen molar-refractivity contribution in [1.82, 2.24) is 25.1 Å². The van der Waals surface area contributed by atoms with Crippen LogP contribution in [0, 0.1) is 19.3 Å². The lowest BCUT2D eigenvalue weighted by Gasteiger charge is -2.32. The van der Waals surface area contributed by atoms with E-state index in [2.05, 4.69) is 44.6 Å². The van der Waals surface area contributed by atoms with Crippen LogP contribution in [0.4, 0.5) is 5.82 Å². The number of hydrogen-bond acceptors (Lipinski definition) is 7. The Bertz CT molecular complexity index is 1390. The lowest BCUT2D eigenvalue weighted by atomic mass is 10.0. The number of amides is 1. The molecule has 3 heterocycles. The Hall–Kier alpha value is -3.82. The number of likely N-dealkylation sites (N-methyl/N-ethyl adjacent to an activating group) is 1. The van der Waals surface area contributed by atoms with Crippen LogP contribution in [0.2, 0.25) is 0 Å². The molecule has 1 aromatic carbocycles. The summed E-state index contributed by atoms with van der Waals surface area (Å²) in [6, 6.07) is 12.0. The number of carbonyl (C=O) groups excluding carboxylic acids is 1. The molecule has 206 valence electrons. The fourth-order valence-corrected chi connectivity index (χ4v) is 4.83. The number of nitrogens with zero attached hydrogens (tertiary/aromatic N) is 3. The van der Waals surface area contributed by atoms with Gasteiger partial charge in [0.1, 0.15) is 5.82 Å². The Labute approximate surface area is 230 Å². The first-order valence-electron chi connectivity index (χ1n) is 13.4. The Morgan fingerprint density at radius 2 is 1.82 bits per heavy atom. The number of aromatic nitrogens is 2. The van der Waals surface area contributed by atoms with Crippen LogP contribution in [0.5, 0.6) is 0 Å². The maximum atomic E-state index is 13.4. The standard InChI is InChI=1S/C30H39N7O2/c1-19(2)33-28-25(16-31)24(29(38)32-17-26-20(3)14-21(4)34-30(26)39)15-27(35-28)23-8-6-22(7-9-23)18-37-12-10-36(5)11-13-37/h6-9,14-16,19,31H,10-13,17-18H2,1-5H3,(H,32,38)(H,33,35)(H,34,39). The van der Waals surface area contributed by atoms with Gasteiger partial charge >= 0.3 is 0 Å². The number of H-pyrrole nitrogens is 1. The topological polar surface area (TPSA) is 117 Å². The van der Waals surface area contributed by atoms with Crippen molar-refractivity contribution in [3.63, 3.8) is 0 Å². The van der Waals surface area contributed by atoms with Gasteiger partial charge in [-0.05, 0) is 58.0 Å². The molecule has 0 aliphatic carbocycles. The number of piperazine rings is 1. The maximum absolute atomic E-state index is 13.4. The molecule has 0 bridgehead atoms. The van der Waals surface area contributed by atoms with E-state index in [9.17, 15) is 9.59 Å². The van der Waals surface area contributed by atoms with Crippen LogP contribution in [-0.4, -0.2) is 71.2 Å². The molecule has 1 fully saturated rings. The van der Waals surface area contributed by atoms with Gasteiger partial charge in [-0.1, -0.05) is 24.3 Å². The van der Waals surface area contributed by atoms with Gasteiger partial charge in [-0.15, -0.1) is 0 Å². The molecule has 4 rings (SSSR count). The van der Waals surface area contributed by atoms with E-state index < -0.39 is 0 Å². The predicted molar refractivity (Wildman–Crippen MR) is 157 cm³/mol. The summed E-state index contributed by atoms with van der Waals surface area (Å²) in [7, 11) is 2.16. The summed E-state index contributed by atoms with van der Waals surface area (Å²) in [5, 5.41) is 14.2. The van der Waals surface area contributed by atoms with Gasteiger partial charge in [-0.2, -0.15) is 0 Å². The number of aromatic amines is 1. The Morgan fingerprint density at radius 1 is 1.13 bits per heavy atom. The highest BCUT2D eigenvalue weighted by atomic mass is 16.1. The van der Waals surface area contributed by atoms with Crippen molar-refractivity contribution in [2.45, 2.75) is 46.8 Å². The first kappa shape index (κ1) is 28.2. The lowest BCUT2D eigenvalue weighted by Crippen LogP contribution is -2.43. The Balaban J connectivity index is 1.61. The first-order valence-corrected chi connectivity index (χ1v) is 13.4. The van der Waals surface area contributed by atoms with Crippen LogP contribution in [-0.2, 0) is 13.1 Å². The van der Waals surface area contributed by atoms with E-state index >= 15 is 0 Å². The van der Waals surface area contributed by atoms with Gasteiger partial charge in [0.2, 0.25) is 0 Å². The highest BCUT2D eigenvalue weighted by Gasteiger charge is 2.20. The van der Waals surface area contributed by atoms with Gasteiger partial charge in [-0.25, -0.2) is 4.98 Å². The van der Waals surface area contributed by atoms with E-state index in [0.717, 1.165) is 55.8 Å². The predicted octanol–water partition coefficient (Wildman–Crippen LogP) is 3.55. The van der Waals surface area contributed by atoms with Crippen molar-refractivity contribution in [3.05, 3.63) is 80.3 Å². The van der Waals surface area contributed by atoms with Crippen molar-refractivity contribution >= 4 is 17.9 Å². The third-order valence-electron chi connectivity index (χ3n) is 7.04. The van der Waals surface area contributed by atoms with Gasteiger partial charge in [0.15, 0.2) is 0 Å². The van der Waals surface area contributed by atoms with Crippen LogP contribution in [0.1, 0.15) is 52.2 Å². The largest absolute Gasteiger partial charge is 0.367 e. The summed E-state index contributed by atoms with van der Waals surface area (Å²) in [4.78, 5) is 38.3. The normalized spacial score (nSPS) is 14.4. The minimum Gasteiger partial charge on any atom is -0.367 e. The summed E-state index contributed by atoms with van der Waals surface area (Å²) >= 11 is 0. The second-order valence-electron chi connectivity index (χ2n) is 10.7. The van der Waals surface area contributed by atoms with Gasteiger partial charge in [0, 0.05) is 73.9 Å². The molecule has 3 aromatic rings. The zero-order valence-corrected chi connectivity index (χ0v) is 23.5. The van der Waals surface area contributed by atoms with Gasteiger partial charge in [-0.3, -0.25) is 14.5 Å². The van der Waals surface area contributed by atoms with Gasteiger partial charge in [0.05, 0.1) is 11.3 Å². The molecule has 1 amide bonds. The number of pyridine rings is 2. The molecule has 0 radical (unpaired) electrons. The molecule has 9 nitrogen and oxygen atoms in total.